The second-order valence-corrected chi connectivity index (χ2v) is 5.90. The summed E-state index contributed by atoms with van der Waals surface area (Å²) in [6, 6.07) is 11.3. The molecule has 0 heterocycles. The molecule has 0 unspecified atom stereocenters. The highest BCUT2D eigenvalue weighted by Gasteiger charge is 2.19. The standard InChI is InChI=1S/C17H18/c1-17(2,3)15-11-10-13-7-4-6-12-8-5-9-14(15)16(12)13/h4-5,7-11H,6H2,1-3H3. The Hall–Kier alpha value is -1.56. The summed E-state index contributed by atoms with van der Waals surface area (Å²) in [6.45, 7) is 6.86. The van der Waals surface area contributed by atoms with E-state index < -0.39 is 0 Å². The number of rotatable bonds is 0. The molecule has 3 rings (SSSR count). The zero-order chi connectivity index (χ0) is 12.0. The molecular formula is C17H18. The van der Waals surface area contributed by atoms with Crippen molar-refractivity contribution in [1.82, 2.24) is 0 Å². The highest BCUT2D eigenvalue weighted by atomic mass is 14.2. The molecule has 0 nitrogen and oxygen atoms in total. The van der Waals surface area contributed by atoms with Gasteiger partial charge in [0.05, 0.1) is 0 Å². The van der Waals surface area contributed by atoms with Gasteiger partial charge in [0.15, 0.2) is 0 Å². The molecule has 2 aromatic rings. The van der Waals surface area contributed by atoms with E-state index in [9.17, 15) is 0 Å². The lowest BCUT2D eigenvalue weighted by molar-refractivity contribution is 0.596. The van der Waals surface area contributed by atoms with Gasteiger partial charge in [-0.15, -0.1) is 0 Å². The monoisotopic (exact) mass is 222 g/mol. The number of hydrogen-bond donors (Lipinski definition) is 0. The molecule has 0 saturated carbocycles. The van der Waals surface area contributed by atoms with Crippen molar-refractivity contribution >= 4 is 16.8 Å². The first-order valence-corrected chi connectivity index (χ1v) is 6.29. The molecular weight excluding hydrogens is 204 g/mol. The van der Waals surface area contributed by atoms with E-state index in [1.165, 1.54) is 27.5 Å². The Morgan fingerprint density at radius 3 is 2.59 bits per heavy atom. The first kappa shape index (κ1) is 10.6. The molecule has 0 N–H and O–H groups in total. The summed E-state index contributed by atoms with van der Waals surface area (Å²) < 4.78 is 0. The first-order chi connectivity index (χ1) is 8.07. The molecule has 0 saturated heterocycles. The second kappa shape index (κ2) is 3.46. The molecule has 0 spiro atoms. The maximum atomic E-state index is 2.29. The third-order valence-electron chi connectivity index (χ3n) is 3.60. The zero-order valence-electron chi connectivity index (χ0n) is 10.7. The van der Waals surface area contributed by atoms with Gasteiger partial charge in [0.1, 0.15) is 0 Å². The molecule has 17 heavy (non-hydrogen) atoms. The molecule has 0 atom stereocenters. The van der Waals surface area contributed by atoms with Gasteiger partial charge in [-0.05, 0) is 39.3 Å². The number of allylic oxidation sites excluding steroid dienone is 1. The van der Waals surface area contributed by atoms with Gasteiger partial charge in [0, 0.05) is 0 Å². The minimum absolute atomic E-state index is 0.207. The Morgan fingerprint density at radius 2 is 1.82 bits per heavy atom. The highest BCUT2D eigenvalue weighted by molar-refractivity contribution is 5.97. The summed E-state index contributed by atoms with van der Waals surface area (Å²) in [7, 11) is 0. The molecule has 86 valence electrons. The summed E-state index contributed by atoms with van der Waals surface area (Å²) in [5, 5.41) is 2.89. The Kier molecular flexibility index (Phi) is 2.16. The maximum absolute atomic E-state index is 2.29. The van der Waals surface area contributed by atoms with Crippen LogP contribution in [-0.2, 0) is 11.8 Å². The molecule has 0 fully saturated rings. The van der Waals surface area contributed by atoms with Crippen molar-refractivity contribution in [3.8, 4) is 0 Å². The fraction of sp³-hybridized carbons (Fsp3) is 0.294. The van der Waals surface area contributed by atoms with Crippen LogP contribution >= 0.6 is 0 Å². The van der Waals surface area contributed by atoms with Crippen molar-refractivity contribution in [2.45, 2.75) is 32.6 Å². The number of hydrogen-bond acceptors (Lipinski definition) is 0. The van der Waals surface area contributed by atoms with Crippen molar-refractivity contribution in [3.63, 3.8) is 0 Å². The lowest BCUT2D eigenvalue weighted by Gasteiger charge is -2.24. The maximum Gasteiger partial charge on any atom is -0.00733 e. The Labute approximate surface area is 103 Å². The van der Waals surface area contributed by atoms with Crippen LogP contribution in [0.25, 0.3) is 16.8 Å². The van der Waals surface area contributed by atoms with E-state index >= 15 is 0 Å². The predicted octanol–water partition coefficient (Wildman–Crippen LogP) is 4.71. The molecule has 0 aliphatic heterocycles. The van der Waals surface area contributed by atoms with Crippen LogP contribution < -0.4 is 0 Å². The Morgan fingerprint density at radius 1 is 1.00 bits per heavy atom. The smallest absolute Gasteiger partial charge is 0.00733 e. The van der Waals surface area contributed by atoms with E-state index in [-0.39, 0.29) is 5.41 Å². The van der Waals surface area contributed by atoms with E-state index in [1.54, 1.807) is 0 Å². The fourth-order valence-electron chi connectivity index (χ4n) is 2.79. The molecule has 1 aliphatic carbocycles. The van der Waals surface area contributed by atoms with Crippen LogP contribution in [0.15, 0.2) is 36.4 Å². The fourth-order valence-corrected chi connectivity index (χ4v) is 2.79. The normalized spacial score (nSPS) is 14.3. The predicted molar refractivity (Wildman–Crippen MR) is 75.4 cm³/mol. The average molecular weight is 222 g/mol. The minimum atomic E-state index is 0.207. The lowest BCUT2D eigenvalue weighted by Crippen LogP contribution is -2.12. The van der Waals surface area contributed by atoms with Gasteiger partial charge in [-0.1, -0.05) is 63.3 Å². The van der Waals surface area contributed by atoms with Crippen LogP contribution in [-0.4, -0.2) is 0 Å². The topological polar surface area (TPSA) is 0 Å². The average Bonchev–Trinajstić information content (AvgIpc) is 2.28. The van der Waals surface area contributed by atoms with Crippen molar-refractivity contribution in [3.05, 3.63) is 53.1 Å². The van der Waals surface area contributed by atoms with Gasteiger partial charge < -0.3 is 0 Å². The van der Waals surface area contributed by atoms with Crippen LogP contribution in [0.1, 0.15) is 37.5 Å². The highest BCUT2D eigenvalue weighted by Crippen LogP contribution is 2.35. The zero-order valence-corrected chi connectivity index (χ0v) is 10.7. The van der Waals surface area contributed by atoms with Crippen molar-refractivity contribution < 1.29 is 0 Å². The van der Waals surface area contributed by atoms with Gasteiger partial charge in [-0.2, -0.15) is 0 Å². The second-order valence-electron chi connectivity index (χ2n) is 5.90. The molecule has 1 aliphatic rings. The third-order valence-corrected chi connectivity index (χ3v) is 3.60. The van der Waals surface area contributed by atoms with Crippen LogP contribution in [0, 0.1) is 0 Å². The van der Waals surface area contributed by atoms with Gasteiger partial charge >= 0.3 is 0 Å². The van der Waals surface area contributed by atoms with Gasteiger partial charge in [0.2, 0.25) is 0 Å². The molecule has 0 heteroatoms. The van der Waals surface area contributed by atoms with Crippen LogP contribution in [0.3, 0.4) is 0 Å². The summed E-state index contributed by atoms with van der Waals surface area (Å²) in [5.41, 5.74) is 4.49. The van der Waals surface area contributed by atoms with Crippen LogP contribution in [0.2, 0.25) is 0 Å². The van der Waals surface area contributed by atoms with Crippen molar-refractivity contribution in [2.75, 3.05) is 0 Å². The van der Waals surface area contributed by atoms with Crippen molar-refractivity contribution in [1.29, 1.82) is 0 Å². The first-order valence-electron chi connectivity index (χ1n) is 6.29. The number of benzene rings is 2. The van der Waals surface area contributed by atoms with Gasteiger partial charge in [-0.3, -0.25) is 0 Å². The minimum Gasteiger partial charge on any atom is -0.0795 e. The molecule has 2 aromatic carbocycles. The van der Waals surface area contributed by atoms with Crippen LogP contribution in [0.5, 0.6) is 0 Å². The van der Waals surface area contributed by atoms with E-state index in [2.05, 4.69) is 63.3 Å². The van der Waals surface area contributed by atoms with Gasteiger partial charge in [0.25, 0.3) is 0 Å². The third kappa shape index (κ3) is 1.59. The Balaban J connectivity index is 2.44. The molecule has 0 bridgehead atoms. The van der Waals surface area contributed by atoms with Gasteiger partial charge in [-0.25, -0.2) is 0 Å². The quantitative estimate of drug-likeness (QED) is 0.605. The summed E-state index contributed by atoms with van der Waals surface area (Å²) in [4.78, 5) is 0. The summed E-state index contributed by atoms with van der Waals surface area (Å²) in [5.74, 6) is 0. The Bertz CT molecular complexity index is 610. The molecule has 0 aromatic heterocycles. The summed E-state index contributed by atoms with van der Waals surface area (Å²) >= 11 is 0. The van der Waals surface area contributed by atoms with E-state index in [1.807, 2.05) is 0 Å². The SMILES string of the molecule is CC(C)(C)c1ccc2c3c(cccc13)CC=C2. The van der Waals surface area contributed by atoms with Crippen LogP contribution in [0.4, 0.5) is 0 Å². The van der Waals surface area contributed by atoms with E-state index in [0.717, 1.165) is 6.42 Å². The molecule has 0 amide bonds. The van der Waals surface area contributed by atoms with E-state index in [0.29, 0.717) is 0 Å². The van der Waals surface area contributed by atoms with E-state index in [4.69, 9.17) is 0 Å². The molecule has 0 radical (unpaired) electrons. The largest absolute Gasteiger partial charge is 0.0795 e. The summed E-state index contributed by atoms with van der Waals surface area (Å²) in [6.07, 6.45) is 5.58. The van der Waals surface area contributed by atoms with Crippen molar-refractivity contribution in [2.24, 2.45) is 0 Å². The lowest BCUT2D eigenvalue weighted by atomic mass is 9.80.